The predicted molar refractivity (Wildman–Crippen MR) is 163 cm³/mol. The molecule has 0 N–H and O–H groups in total. The number of rotatable bonds is 4. The average molecular weight is 551 g/mol. The highest BCUT2D eigenvalue weighted by Crippen LogP contribution is 2.55. The van der Waals surface area contributed by atoms with Crippen LogP contribution in [0.2, 0.25) is 0 Å². The van der Waals surface area contributed by atoms with Gasteiger partial charge in [-0.3, -0.25) is 0 Å². The Morgan fingerprint density at radius 2 is 0.786 bits per heavy atom. The lowest BCUT2D eigenvalue weighted by Gasteiger charge is -2.46. The average Bonchev–Trinajstić information content (AvgIpc) is 3.03. The molecule has 0 atom stereocenters. The van der Waals surface area contributed by atoms with Crippen molar-refractivity contribution in [3.63, 3.8) is 0 Å². The van der Waals surface area contributed by atoms with Crippen LogP contribution in [-0.4, -0.2) is 9.97 Å². The fourth-order valence-electron chi connectivity index (χ4n) is 6.58. The van der Waals surface area contributed by atoms with Gasteiger partial charge in [0.05, 0.1) is 11.4 Å². The van der Waals surface area contributed by atoms with Crippen molar-refractivity contribution < 1.29 is 8.78 Å². The second kappa shape index (κ2) is 9.85. The van der Waals surface area contributed by atoms with Crippen molar-refractivity contribution in [2.45, 2.75) is 24.7 Å². The van der Waals surface area contributed by atoms with Gasteiger partial charge in [-0.25, -0.2) is 18.7 Å². The van der Waals surface area contributed by atoms with Crippen LogP contribution in [-0.2, 0) is 10.8 Å². The Morgan fingerprint density at radius 3 is 1.19 bits per heavy atom. The van der Waals surface area contributed by atoms with Crippen LogP contribution in [0, 0.1) is 11.6 Å². The number of halogens is 2. The van der Waals surface area contributed by atoms with Crippen LogP contribution in [0.25, 0.3) is 22.5 Å². The van der Waals surface area contributed by atoms with Gasteiger partial charge in [0.1, 0.15) is 28.4 Å². The number of nitrogens with zero attached hydrogens (tertiary/aromatic N) is 2. The van der Waals surface area contributed by atoms with Gasteiger partial charge in [-0.2, -0.15) is 0 Å². The summed E-state index contributed by atoms with van der Waals surface area (Å²) in [6.07, 6.45) is 0. The molecule has 1 aliphatic rings. The molecule has 204 valence electrons. The van der Waals surface area contributed by atoms with E-state index in [0.717, 1.165) is 22.3 Å². The smallest absolute Gasteiger partial charge is 0.149 e. The molecule has 0 saturated carbocycles. The zero-order chi connectivity index (χ0) is 28.9. The lowest BCUT2D eigenvalue weighted by Crippen LogP contribution is -2.43. The lowest BCUT2D eigenvalue weighted by atomic mass is 9.56. The minimum atomic E-state index is -1.04. The van der Waals surface area contributed by atoms with Crippen molar-refractivity contribution in [2.24, 2.45) is 0 Å². The molecule has 0 radical (unpaired) electrons. The topological polar surface area (TPSA) is 25.8 Å². The zero-order valence-electron chi connectivity index (χ0n) is 23.4. The molecule has 1 aliphatic carbocycles. The molecule has 4 heteroatoms. The highest BCUT2D eigenvalue weighted by atomic mass is 19.1. The fourth-order valence-corrected chi connectivity index (χ4v) is 6.58. The summed E-state index contributed by atoms with van der Waals surface area (Å²) in [7, 11) is 0. The molecule has 0 unspecified atom stereocenters. The van der Waals surface area contributed by atoms with E-state index in [1.54, 1.807) is 12.1 Å². The standard InChI is InChI=1S/C38H28F2N2/c1-37(2)27-17-9-11-19-29(27)38(30-20-12-10-18-28(30)37,33-23-21-31(39)35(41-33)25-13-5-3-6-14-25)34-24-22-32(40)36(42-34)26-15-7-4-8-16-26/h3-24H,1-2H3. The van der Waals surface area contributed by atoms with Crippen molar-refractivity contribution in [1.82, 2.24) is 9.97 Å². The van der Waals surface area contributed by atoms with Crippen molar-refractivity contribution in [3.05, 3.63) is 179 Å². The Kier molecular flexibility index (Phi) is 6.09. The molecular weight excluding hydrogens is 522 g/mol. The van der Waals surface area contributed by atoms with Gasteiger partial charge >= 0.3 is 0 Å². The highest BCUT2D eigenvalue weighted by molar-refractivity contribution is 5.70. The van der Waals surface area contributed by atoms with Gasteiger partial charge < -0.3 is 0 Å². The Hall–Kier alpha value is -4.96. The Morgan fingerprint density at radius 1 is 0.429 bits per heavy atom. The summed E-state index contributed by atoms with van der Waals surface area (Å²) in [4.78, 5) is 10.2. The van der Waals surface area contributed by atoms with E-state index in [-0.39, 0.29) is 16.8 Å². The van der Waals surface area contributed by atoms with Gasteiger partial charge in [0.25, 0.3) is 0 Å². The van der Waals surface area contributed by atoms with E-state index in [0.29, 0.717) is 22.5 Å². The molecule has 6 aromatic rings. The van der Waals surface area contributed by atoms with Crippen LogP contribution in [0.4, 0.5) is 8.78 Å². The van der Waals surface area contributed by atoms with Crippen LogP contribution >= 0.6 is 0 Å². The molecule has 2 nitrogen and oxygen atoms in total. The van der Waals surface area contributed by atoms with E-state index in [2.05, 4.69) is 38.1 Å². The second-order valence-corrected chi connectivity index (χ2v) is 11.3. The predicted octanol–water partition coefficient (Wildman–Crippen LogP) is 9.11. The van der Waals surface area contributed by atoms with Crippen LogP contribution in [0.3, 0.4) is 0 Å². The maximum absolute atomic E-state index is 15.5. The monoisotopic (exact) mass is 550 g/mol. The number of pyridine rings is 2. The van der Waals surface area contributed by atoms with Gasteiger partial charge in [-0.05, 0) is 46.5 Å². The summed E-state index contributed by atoms with van der Waals surface area (Å²) in [6, 6.07) is 41.8. The SMILES string of the molecule is CC1(C)c2ccccc2C(c2ccc(F)c(-c3ccccc3)n2)(c2ccc(F)c(-c3ccccc3)n2)c2ccccc21. The summed E-state index contributed by atoms with van der Waals surface area (Å²) < 4.78 is 31.0. The lowest BCUT2D eigenvalue weighted by molar-refractivity contribution is 0.540. The van der Waals surface area contributed by atoms with Gasteiger partial charge in [0.15, 0.2) is 0 Å². The van der Waals surface area contributed by atoms with Crippen molar-refractivity contribution in [3.8, 4) is 22.5 Å². The first-order valence-corrected chi connectivity index (χ1v) is 14.1. The summed E-state index contributed by atoms with van der Waals surface area (Å²) in [5.41, 5.74) is 5.96. The number of fused-ring (bicyclic) bond motifs is 2. The van der Waals surface area contributed by atoms with Crippen molar-refractivity contribution in [1.29, 1.82) is 0 Å². The molecular formula is C38H28F2N2. The Balaban J connectivity index is 1.63. The Bertz CT molecular complexity index is 1790. The number of hydrogen-bond donors (Lipinski definition) is 0. The van der Waals surface area contributed by atoms with Gasteiger partial charge in [-0.1, -0.05) is 123 Å². The molecule has 2 aromatic heterocycles. The van der Waals surface area contributed by atoms with E-state index in [4.69, 9.17) is 9.97 Å². The second-order valence-electron chi connectivity index (χ2n) is 11.3. The summed E-state index contributed by atoms with van der Waals surface area (Å²) >= 11 is 0. The third-order valence-electron chi connectivity index (χ3n) is 8.56. The normalized spacial score (nSPS) is 14.6. The van der Waals surface area contributed by atoms with Crippen LogP contribution in [0.15, 0.2) is 133 Å². The van der Waals surface area contributed by atoms with Gasteiger partial charge in [-0.15, -0.1) is 0 Å². The minimum Gasteiger partial charge on any atom is -0.248 e. The maximum atomic E-state index is 15.5. The summed E-state index contributed by atoms with van der Waals surface area (Å²) in [5, 5.41) is 0. The van der Waals surface area contributed by atoms with E-state index in [1.165, 1.54) is 12.1 Å². The van der Waals surface area contributed by atoms with Crippen LogP contribution < -0.4 is 0 Å². The first-order chi connectivity index (χ1) is 20.4. The highest BCUT2D eigenvalue weighted by Gasteiger charge is 2.51. The maximum Gasteiger partial charge on any atom is 0.149 e. The number of aromatic nitrogens is 2. The number of benzene rings is 4. The fraction of sp³-hybridized carbons (Fsp3) is 0.105. The summed E-state index contributed by atoms with van der Waals surface area (Å²) in [5.74, 6) is -0.815. The third kappa shape index (κ3) is 3.82. The molecule has 42 heavy (non-hydrogen) atoms. The van der Waals surface area contributed by atoms with Crippen molar-refractivity contribution in [2.75, 3.05) is 0 Å². The molecule has 0 amide bonds. The third-order valence-corrected chi connectivity index (χ3v) is 8.56. The first kappa shape index (κ1) is 26.0. The zero-order valence-corrected chi connectivity index (χ0v) is 23.4. The van der Waals surface area contributed by atoms with Crippen LogP contribution in [0.5, 0.6) is 0 Å². The van der Waals surface area contributed by atoms with Crippen LogP contribution in [0.1, 0.15) is 47.5 Å². The summed E-state index contributed by atoms with van der Waals surface area (Å²) in [6.45, 7) is 4.44. The first-order valence-electron chi connectivity index (χ1n) is 14.1. The molecule has 0 fully saturated rings. The minimum absolute atomic E-state index is 0.262. The molecule has 0 spiro atoms. The molecule has 0 bridgehead atoms. The molecule has 2 heterocycles. The largest absolute Gasteiger partial charge is 0.248 e. The molecule has 0 aliphatic heterocycles. The quantitative estimate of drug-likeness (QED) is 0.219. The van der Waals surface area contributed by atoms with Gasteiger partial charge in [0.2, 0.25) is 0 Å². The van der Waals surface area contributed by atoms with Gasteiger partial charge in [0, 0.05) is 16.5 Å². The van der Waals surface area contributed by atoms with Crippen molar-refractivity contribution >= 4 is 0 Å². The molecule has 4 aromatic carbocycles. The van der Waals surface area contributed by atoms with E-state index in [9.17, 15) is 0 Å². The van der Waals surface area contributed by atoms with E-state index >= 15 is 8.78 Å². The van der Waals surface area contributed by atoms with E-state index in [1.807, 2.05) is 84.9 Å². The molecule has 7 rings (SSSR count). The molecule has 0 saturated heterocycles. The number of hydrogen-bond acceptors (Lipinski definition) is 2. The van der Waals surface area contributed by atoms with E-state index < -0.39 is 17.0 Å². The Labute approximate surface area is 244 Å².